The molecule has 0 atom stereocenters. The molecule has 0 saturated carbocycles. The van der Waals surface area contributed by atoms with Crippen LogP contribution in [0.5, 0.6) is 0 Å². The van der Waals surface area contributed by atoms with E-state index in [1.54, 1.807) is 20.9 Å². The molecule has 0 aliphatic carbocycles. The molecule has 2 rings (SSSR count). The van der Waals surface area contributed by atoms with Gasteiger partial charge in [0.05, 0.1) is 6.61 Å². The smallest absolute Gasteiger partial charge is 0.354 e. The minimum absolute atomic E-state index is 0.0983. The Balaban J connectivity index is 2.14. The van der Waals surface area contributed by atoms with Gasteiger partial charge in [-0.05, 0) is 31.9 Å². The molecule has 6 nitrogen and oxygen atoms in total. The maximum Gasteiger partial charge on any atom is 0.354 e. The fourth-order valence-corrected chi connectivity index (χ4v) is 3.72. The van der Waals surface area contributed by atoms with Crippen molar-refractivity contribution >= 4 is 16.0 Å². The summed E-state index contributed by atoms with van der Waals surface area (Å²) in [4.78, 5) is 12.0. The Kier molecular flexibility index (Phi) is 5.80. The lowest BCUT2D eigenvalue weighted by Crippen LogP contribution is -2.26. The third-order valence-electron chi connectivity index (χ3n) is 3.81. The number of carbonyl (C=O) groups is 1. The van der Waals surface area contributed by atoms with Crippen molar-refractivity contribution in [2.24, 2.45) is 7.05 Å². The zero-order valence-electron chi connectivity index (χ0n) is 14.1. The Hall–Kier alpha value is -2.12. The summed E-state index contributed by atoms with van der Waals surface area (Å²) >= 11 is 0. The molecule has 0 aliphatic heterocycles. The summed E-state index contributed by atoms with van der Waals surface area (Å²) in [6, 6.07) is 11.0. The van der Waals surface area contributed by atoms with E-state index < -0.39 is 16.0 Å². The van der Waals surface area contributed by atoms with Gasteiger partial charge < -0.3 is 9.30 Å². The van der Waals surface area contributed by atoms with Crippen molar-refractivity contribution in [1.82, 2.24) is 9.29 Å². The van der Waals surface area contributed by atoms with Crippen LogP contribution in [0, 0.1) is 6.92 Å². The molecule has 1 N–H and O–H groups in total. The molecule has 0 aliphatic rings. The van der Waals surface area contributed by atoms with Gasteiger partial charge in [-0.2, -0.15) is 0 Å². The molecule has 0 unspecified atom stereocenters. The normalized spacial score (nSPS) is 11.5. The topological polar surface area (TPSA) is 77.4 Å². The van der Waals surface area contributed by atoms with Gasteiger partial charge in [0.15, 0.2) is 0 Å². The van der Waals surface area contributed by atoms with E-state index in [1.807, 2.05) is 30.3 Å². The lowest BCUT2D eigenvalue weighted by Gasteiger charge is -2.07. The SMILES string of the molecule is CCOC(=O)c1cc(S(=O)(=O)NCCc2ccccc2)c(C)n1C. The van der Waals surface area contributed by atoms with E-state index in [0.29, 0.717) is 12.1 Å². The molecule has 0 saturated heterocycles. The van der Waals surface area contributed by atoms with Crippen LogP contribution in [0.3, 0.4) is 0 Å². The first-order valence-electron chi connectivity index (χ1n) is 7.74. The summed E-state index contributed by atoms with van der Waals surface area (Å²) < 4.78 is 34.1. The van der Waals surface area contributed by atoms with Crippen LogP contribution >= 0.6 is 0 Å². The second kappa shape index (κ2) is 7.63. The van der Waals surface area contributed by atoms with E-state index in [2.05, 4.69) is 4.72 Å². The number of carbonyl (C=O) groups excluding carboxylic acids is 1. The van der Waals surface area contributed by atoms with Crippen LogP contribution in [0.2, 0.25) is 0 Å². The van der Waals surface area contributed by atoms with Crippen molar-refractivity contribution in [2.45, 2.75) is 25.2 Å². The van der Waals surface area contributed by atoms with Gasteiger partial charge in [-0.1, -0.05) is 30.3 Å². The van der Waals surface area contributed by atoms with E-state index in [-0.39, 0.29) is 23.7 Å². The molecular weight excluding hydrogens is 328 g/mol. The first-order chi connectivity index (χ1) is 11.4. The van der Waals surface area contributed by atoms with E-state index in [4.69, 9.17) is 4.74 Å². The standard InChI is InChI=1S/C17H22N2O4S/c1-4-23-17(20)15-12-16(13(2)19(15)3)24(21,22)18-11-10-14-8-6-5-7-9-14/h5-9,12,18H,4,10-11H2,1-3H3. The largest absolute Gasteiger partial charge is 0.461 e. The van der Waals surface area contributed by atoms with Crippen LogP contribution in [0.15, 0.2) is 41.3 Å². The Morgan fingerprint density at radius 3 is 2.54 bits per heavy atom. The van der Waals surface area contributed by atoms with Crippen LogP contribution in [0.25, 0.3) is 0 Å². The Morgan fingerprint density at radius 2 is 1.92 bits per heavy atom. The molecule has 0 amide bonds. The zero-order chi connectivity index (χ0) is 17.7. The number of hydrogen-bond donors (Lipinski definition) is 1. The van der Waals surface area contributed by atoms with Gasteiger partial charge in [0, 0.05) is 19.3 Å². The summed E-state index contributed by atoms with van der Waals surface area (Å²) in [7, 11) is -2.05. The van der Waals surface area contributed by atoms with Crippen molar-refractivity contribution < 1.29 is 17.9 Å². The van der Waals surface area contributed by atoms with Gasteiger partial charge in [0.2, 0.25) is 10.0 Å². The number of rotatable bonds is 7. The van der Waals surface area contributed by atoms with Crippen molar-refractivity contribution in [3.05, 3.63) is 53.3 Å². The number of benzene rings is 1. The number of nitrogens with one attached hydrogen (secondary N) is 1. The van der Waals surface area contributed by atoms with Crippen molar-refractivity contribution in [2.75, 3.05) is 13.2 Å². The number of esters is 1. The number of hydrogen-bond acceptors (Lipinski definition) is 4. The zero-order valence-corrected chi connectivity index (χ0v) is 14.9. The fourth-order valence-electron chi connectivity index (χ4n) is 2.40. The third-order valence-corrected chi connectivity index (χ3v) is 5.39. The number of sulfonamides is 1. The van der Waals surface area contributed by atoms with Gasteiger partial charge in [-0.15, -0.1) is 0 Å². The maximum absolute atomic E-state index is 12.5. The van der Waals surface area contributed by atoms with E-state index in [9.17, 15) is 13.2 Å². The van der Waals surface area contributed by atoms with Crippen molar-refractivity contribution in [3.8, 4) is 0 Å². The van der Waals surface area contributed by atoms with E-state index >= 15 is 0 Å². The van der Waals surface area contributed by atoms with Crippen LogP contribution in [-0.4, -0.2) is 32.1 Å². The molecular formula is C17H22N2O4S. The van der Waals surface area contributed by atoms with Gasteiger partial charge in [0.25, 0.3) is 0 Å². The molecule has 0 fully saturated rings. The van der Waals surface area contributed by atoms with Crippen LogP contribution < -0.4 is 4.72 Å². The Bertz CT molecular complexity index is 811. The van der Waals surface area contributed by atoms with Crippen molar-refractivity contribution in [3.63, 3.8) is 0 Å². The second-order valence-corrected chi connectivity index (χ2v) is 7.13. The predicted octanol–water partition coefficient (Wildman–Crippen LogP) is 2.03. The highest BCUT2D eigenvalue weighted by Crippen LogP contribution is 2.20. The third kappa shape index (κ3) is 4.04. The van der Waals surface area contributed by atoms with Gasteiger partial charge in [-0.25, -0.2) is 17.9 Å². The molecule has 7 heteroatoms. The Morgan fingerprint density at radius 1 is 1.25 bits per heavy atom. The number of ether oxygens (including phenoxy) is 1. The first kappa shape index (κ1) is 18.2. The molecule has 0 spiro atoms. The Labute approximate surface area is 142 Å². The van der Waals surface area contributed by atoms with Gasteiger partial charge in [0.1, 0.15) is 10.6 Å². The molecule has 24 heavy (non-hydrogen) atoms. The molecule has 1 heterocycles. The minimum atomic E-state index is -3.69. The van der Waals surface area contributed by atoms with Gasteiger partial charge in [-0.3, -0.25) is 0 Å². The molecule has 2 aromatic rings. The summed E-state index contributed by atoms with van der Waals surface area (Å²) in [5.74, 6) is -0.533. The summed E-state index contributed by atoms with van der Waals surface area (Å²) in [5, 5.41) is 0. The highest BCUT2D eigenvalue weighted by atomic mass is 32.2. The average Bonchev–Trinajstić information content (AvgIpc) is 2.85. The number of nitrogens with zero attached hydrogens (tertiary/aromatic N) is 1. The minimum Gasteiger partial charge on any atom is -0.461 e. The maximum atomic E-state index is 12.5. The van der Waals surface area contributed by atoms with Crippen LogP contribution in [0.4, 0.5) is 0 Å². The molecule has 0 radical (unpaired) electrons. The lowest BCUT2D eigenvalue weighted by atomic mass is 10.2. The highest BCUT2D eigenvalue weighted by Gasteiger charge is 2.24. The summed E-state index contributed by atoms with van der Waals surface area (Å²) in [6.45, 7) is 3.89. The van der Waals surface area contributed by atoms with E-state index in [1.165, 1.54) is 10.6 Å². The summed E-state index contributed by atoms with van der Waals surface area (Å²) in [6.07, 6.45) is 0.594. The van der Waals surface area contributed by atoms with Crippen LogP contribution in [0.1, 0.15) is 28.7 Å². The molecule has 0 bridgehead atoms. The summed E-state index contributed by atoms with van der Waals surface area (Å²) in [5.41, 5.74) is 1.76. The fraction of sp³-hybridized carbons (Fsp3) is 0.353. The monoisotopic (exact) mass is 350 g/mol. The van der Waals surface area contributed by atoms with E-state index in [0.717, 1.165) is 5.56 Å². The first-order valence-corrected chi connectivity index (χ1v) is 9.22. The van der Waals surface area contributed by atoms with Crippen molar-refractivity contribution in [1.29, 1.82) is 0 Å². The molecule has 1 aromatic carbocycles. The number of aromatic nitrogens is 1. The lowest BCUT2D eigenvalue weighted by molar-refractivity contribution is 0.0515. The predicted molar refractivity (Wildman–Crippen MR) is 91.4 cm³/mol. The average molecular weight is 350 g/mol. The van der Waals surface area contributed by atoms with Crippen LogP contribution in [-0.2, 0) is 28.2 Å². The second-order valence-electron chi connectivity index (χ2n) is 5.39. The quantitative estimate of drug-likeness (QED) is 0.775. The van der Waals surface area contributed by atoms with Gasteiger partial charge >= 0.3 is 5.97 Å². The highest BCUT2D eigenvalue weighted by molar-refractivity contribution is 7.89. The molecule has 130 valence electrons. The molecule has 1 aromatic heterocycles.